The molecular weight excluding hydrogens is 457 g/mol. The molecule has 200 valence electrons. The molecule has 2 saturated carbocycles. The Morgan fingerprint density at radius 2 is 1.74 bits per heavy atom. The van der Waals surface area contributed by atoms with E-state index in [-0.39, 0.29) is 42.2 Å². The fraction of sp³-hybridized carbons (Fsp3) is 0.840. The van der Waals surface area contributed by atoms with Crippen LogP contribution in [0.2, 0.25) is 0 Å². The summed E-state index contributed by atoms with van der Waals surface area (Å²) in [5, 5.41) is 5.77. The highest BCUT2D eigenvalue weighted by molar-refractivity contribution is 5.78. The summed E-state index contributed by atoms with van der Waals surface area (Å²) in [4.78, 5) is 24.3. The van der Waals surface area contributed by atoms with Crippen molar-refractivity contribution in [1.29, 1.82) is 0 Å². The maximum absolute atomic E-state index is 12.8. The van der Waals surface area contributed by atoms with Gasteiger partial charge in [-0.2, -0.15) is 0 Å². The molecule has 0 aromatic heterocycles. The summed E-state index contributed by atoms with van der Waals surface area (Å²) in [6.45, 7) is 8.98. The van der Waals surface area contributed by atoms with Gasteiger partial charge in [-0.05, 0) is 66.2 Å². The molecule has 0 radical (unpaired) electrons. The Balaban J connectivity index is 1.54. The average molecular weight is 500 g/mol. The zero-order chi connectivity index (χ0) is 25.6. The van der Waals surface area contributed by atoms with Crippen molar-refractivity contribution in [2.24, 2.45) is 5.92 Å². The number of methoxy groups -OCH3 is 1. The van der Waals surface area contributed by atoms with Crippen LogP contribution >= 0.6 is 0 Å². The van der Waals surface area contributed by atoms with Gasteiger partial charge in [0.1, 0.15) is 18.8 Å². The van der Waals surface area contributed by atoms with Crippen molar-refractivity contribution < 1.29 is 33.0 Å². The third-order valence-electron chi connectivity index (χ3n) is 7.50. The van der Waals surface area contributed by atoms with Crippen LogP contribution in [0.5, 0.6) is 0 Å². The van der Waals surface area contributed by atoms with Crippen molar-refractivity contribution in [1.82, 2.24) is 16.2 Å². The highest BCUT2D eigenvalue weighted by atomic mass is 19.2. The Labute approximate surface area is 207 Å². The van der Waals surface area contributed by atoms with Crippen molar-refractivity contribution in [2.75, 3.05) is 26.9 Å². The van der Waals surface area contributed by atoms with Crippen molar-refractivity contribution in [3.63, 3.8) is 0 Å². The van der Waals surface area contributed by atoms with Crippen LogP contribution in [0.15, 0.2) is 11.6 Å². The van der Waals surface area contributed by atoms with E-state index in [2.05, 4.69) is 24.5 Å². The van der Waals surface area contributed by atoms with E-state index in [1.165, 1.54) is 11.1 Å². The molecule has 3 fully saturated rings. The molecule has 0 aromatic carbocycles. The quantitative estimate of drug-likeness (QED) is 0.241. The van der Waals surface area contributed by atoms with Gasteiger partial charge in [0.05, 0.1) is 24.4 Å². The molecular formula is C25H42FN3O6. The van der Waals surface area contributed by atoms with E-state index in [4.69, 9.17) is 18.9 Å². The number of rotatable bonds is 10. The van der Waals surface area contributed by atoms with E-state index < -0.39 is 17.8 Å². The molecule has 35 heavy (non-hydrogen) atoms. The summed E-state index contributed by atoms with van der Waals surface area (Å²) in [7, 11) is 1.65. The van der Waals surface area contributed by atoms with E-state index in [0.29, 0.717) is 45.3 Å². The first-order valence-corrected chi connectivity index (χ1v) is 12.6. The standard InChI is InChI=1S/C25H42FN3O6/c1-16(2)11-13-33-24(3,4)22-21(32-5)19(10-12-25(22)15-34-25)35-23(31)29-18-8-6-17(7-9-18)28-20(30)14-27-26/h11,17-19,21-22,27H,6-10,12-15H2,1-5H3,(H,28,30)(H,29,31)/t17?,18?,19?,21?,22?,25-/m0/s1. The number of nitrogens with one attached hydrogen (secondary N) is 3. The van der Waals surface area contributed by atoms with Crippen molar-refractivity contribution in [3.05, 3.63) is 11.6 Å². The Morgan fingerprint density at radius 3 is 2.29 bits per heavy atom. The molecule has 10 heteroatoms. The third-order valence-corrected chi connectivity index (χ3v) is 7.50. The van der Waals surface area contributed by atoms with Gasteiger partial charge in [0.25, 0.3) is 0 Å². The fourth-order valence-electron chi connectivity index (χ4n) is 5.65. The lowest BCUT2D eigenvalue weighted by Crippen LogP contribution is -2.59. The largest absolute Gasteiger partial charge is 0.443 e. The number of allylic oxidation sites excluding steroid dienone is 1. The monoisotopic (exact) mass is 499 g/mol. The van der Waals surface area contributed by atoms with E-state index in [0.717, 1.165) is 6.42 Å². The molecule has 9 nitrogen and oxygen atoms in total. The Morgan fingerprint density at radius 1 is 1.11 bits per heavy atom. The minimum absolute atomic E-state index is 0.00908. The molecule has 3 unspecified atom stereocenters. The third kappa shape index (κ3) is 7.38. The Bertz CT molecular complexity index is 760. The highest BCUT2D eigenvalue weighted by Gasteiger charge is 2.64. The van der Waals surface area contributed by atoms with Gasteiger partial charge in [0, 0.05) is 25.1 Å². The van der Waals surface area contributed by atoms with Crippen LogP contribution in [0.1, 0.15) is 66.2 Å². The van der Waals surface area contributed by atoms with E-state index in [9.17, 15) is 14.1 Å². The van der Waals surface area contributed by atoms with Crippen molar-refractivity contribution in [2.45, 2.75) is 102 Å². The number of carbonyl (C=O) groups is 2. The minimum atomic E-state index is -0.540. The summed E-state index contributed by atoms with van der Waals surface area (Å²) in [6, 6.07) is -0.0394. The fourth-order valence-corrected chi connectivity index (χ4v) is 5.65. The van der Waals surface area contributed by atoms with Gasteiger partial charge in [0.15, 0.2) is 0 Å². The SMILES string of the molecule is COC1C(OC(=O)NC2CCC(NC(=O)CNF)CC2)CC[C@]2(CO2)C1C(C)(C)OCC=C(C)C. The number of hydrogen-bond acceptors (Lipinski definition) is 7. The van der Waals surface area contributed by atoms with Crippen LogP contribution in [-0.2, 0) is 23.7 Å². The zero-order valence-electron chi connectivity index (χ0n) is 21.7. The van der Waals surface area contributed by atoms with Gasteiger partial charge >= 0.3 is 6.09 Å². The molecule has 0 aromatic rings. The molecule has 3 rings (SSSR count). The first-order valence-electron chi connectivity index (χ1n) is 12.6. The number of epoxide rings is 1. The molecule has 2 amide bonds. The number of hydrogen-bond donors (Lipinski definition) is 3. The van der Waals surface area contributed by atoms with Crippen LogP contribution in [0.4, 0.5) is 9.28 Å². The molecule has 0 bridgehead atoms. The molecule has 3 aliphatic rings. The summed E-state index contributed by atoms with van der Waals surface area (Å²) < 4.78 is 36.1. The number of carbonyl (C=O) groups excluding carboxylic acids is 2. The molecule has 1 aliphatic heterocycles. The van der Waals surface area contributed by atoms with Gasteiger partial charge in [-0.1, -0.05) is 11.6 Å². The first-order chi connectivity index (χ1) is 16.6. The van der Waals surface area contributed by atoms with E-state index in [1.54, 1.807) is 7.11 Å². The second-order valence-electron chi connectivity index (χ2n) is 10.8. The normalized spacial score (nSPS) is 32.6. The van der Waals surface area contributed by atoms with Crippen LogP contribution in [0.3, 0.4) is 0 Å². The van der Waals surface area contributed by atoms with Gasteiger partial charge in [0.2, 0.25) is 5.91 Å². The van der Waals surface area contributed by atoms with Crippen molar-refractivity contribution >= 4 is 12.0 Å². The zero-order valence-corrected chi connectivity index (χ0v) is 21.7. The van der Waals surface area contributed by atoms with E-state index in [1.807, 2.05) is 19.9 Å². The van der Waals surface area contributed by atoms with Gasteiger partial charge in [-0.25, -0.2) is 4.79 Å². The lowest BCUT2D eigenvalue weighted by atomic mass is 9.68. The van der Waals surface area contributed by atoms with Crippen LogP contribution < -0.4 is 16.2 Å². The van der Waals surface area contributed by atoms with Crippen LogP contribution in [0, 0.1) is 5.92 Å². The molecule has 2 aliphatic carbocycles. The summed E-state index contributed by atoms with van der Waals surface area (Å²) in [6.07, 6.45) is 5.13. The maximum atomic E-state index is 12.8. The molecule has 3 N–H and O–H groups in total. The smallest absolute Gasteiger partial charge is 0.407 e. The maximum Gasteiger partial charge on any atom is 0.407 e. The van der Waals surface area contributed by atoms with Gasteiger partial charge in [-0.3, -0.25) is 4.79 Å². The van der Waals surface area contributed by atoms with Crippen LogP contribution in [0.25, 0.3) is 0 Å². The lowest BCUT2D eigenvalue weighted by Gasteiger charge is -2.47. The average Bonchev–Trinajstić information content (AvgIpc) is 3.55. The molecule has 1 heterocycles. The number of alkyl carbamates (subject to hydrolysis) is 1. The van der Waals surface area contributed by atoms with Gasteiger partial charge < -0.3 is 29.6 Å². The molecule has 1 spiro atoms. The lowest BCUT2D eigenvalue weighted by molar-refractivity contribution is -0.172. The number of halogens is 1. The predicted molar refractivity (Wildman–Crippen MR) is 128 cm³/mol. The van der Waals surface area contributed by atoms with Crippen molar-refractivity contribution in [3.8, 4) is 0 Å². The topological polar surface area (TPSA) is 110 Å². The number of amides is 2. The second-order valence-corrected chi connectivity index (χ2v) is 10.8. The molecule has 1 saturated heterocycles. The Kier molecular flexibility index (Phi) is 9.53. The van der Waals surface area contributed by atoms with Gasteiger partial charge in [-0.15, -0.1) is 10.0 Å². The van der Waals surface area contributed by atoms with E-state index >= 15 is 0 Å². The van der Waals surface area contributed by atoms with Crippen LogP contribution in [-0.4, -0.2) is 74.4 Å². The predicted octanol–water partition coefficient (Wildman–Crippen LogP) is 2.94. The minimum Gasteiger partial charge on any atom is -0.443 e. The summed E-state index contributed by atoms with van der Waals surface area (Å²) in [5.41, 5.74) is 1.71. The second kappa shape index (κ2) is 12.0. The molecule has 4 atom stereocenters. The number of ether oxygens (including phenoxy) is 4. The first kappa shape index (κ1) is 27.8. The summed E-state index contributed by atoms with van der Waals surface area (Å²) >= 11 is 0. The Hall–Kier alpha value is -1.75. The highest BCUT2D eigenvalue weighted by Crippen LogP contribution is 2.52. The summed E-state index contributed by atoms with van der Waals surface area (Å²) in [5.74, 6) is -0.457.